The van der Waals surface area contributed by atoms with Crippen LogP contribution in [0.1, 0.15) is 44.9 Å². The van der Waals surface area contributed by atoms with Crippen molar-refractivity contribution in [2.24, 2.45) is 0 Å². The van der Waals surface area contributed by atoms with E-state index in [0.29, 0.717) is 0 Å². The zero-order chi connectivity index (χ0) is 7.07. The van der Waals surface area contributed by atoms with Crippen LogP contribution in [0.3, 0.4) is 0 Å². The Morgan fingerprint density at radius 3 is 2.70 bits per heavy atom. The number of hydrogen-bond donors (Lipinski definition) is 0. The van der Waals surface area contributed by atoms with Crippen molar-refractivity contribution in [1.82, 2.24) is 0 Å². The molecule has 55 valence electrons. The molecule has 1 aliphatic carbocycles. The van der Waals surface area contributed by atoms with Crippen molar-refractivity contribution in [1.29, 1.82) is 0 Å². The van der Waals surface area contributed by atoms with E-state index >= 15 is 0 Å². The molecule has 10 heavy (non-hydrogen) atoms. The highest BCUT2D eigenvalue weighted by atomic mass is 14.0. The van der Waals surface area contributed by atoms with E-state index in [4.69, 9.17) is 0 Å². The minimum absolute atomic E-state index is 1.11. The fourth-order valence-electron chi connectivity index (χ4n) is 1.21. The van der Waals surface area contributed by atoms with Gasteiger partial charge in [0.25, 0.3) is 0 Å². The summed E-state index contributed by atoms with van der Waals surface area (Å²) in [4.78, 5) is 0. The van der Waals surface area contributed by atoms with Crippen LogP contribution in [0.4, 0.5) is 0 Å². The van der Waals surface area contributed by atoms with Crippen LogP contribution in [-0.4, -0.2) is 0 Å². The van der Waals surface area contributed by atoms with Crippen LogP contribution in [0, 0.1) is 18.3 Å². The molecule has 0 nitrogen and oxygen atoms in total. The maximum absolute atomic E-state index is 3.15. The molecule has 0 amide bonds. The van der Waals surface area contributed by atoms with Crippen LogP contribution in [0.25, 0.3) is 0 Å². The van der Waals surface area contributed by atoms with Gasteiger partial charge in [-0.25, -0.2) is 0 Å². The smallest absolute Gasteiger partial charge is 0.0340 e. The van der Waals surface area contributed by atoms with Crippen LogP contribution >= 0.6 is 0 Å². The summed E-state index contributed by atoms with van der Waals surface area (Å²) in [5.74, 6) is 6.23. The van der Waals surface area contributed by atoms with Crippen molar-refractivity contribution < 1.29 is 0 Å². The van der Waals surface area contributed by atoms with Crippen molar-refractivity contribution in [2.75, 3.05) is 0 Å². The molecule has 1 rings (SSSR count). The molecular formula is C10H15. The highest BCUT2D eigenvalue weighted by Gasteiger charge is 1.91. The van der Waals surface area contributed by atoms with Gasteiger partial charge >= 0.3 is 0 Å². The lowest BCUT2D eigenvalue weighted by atomic mass is 10.1. The summed E-state index contributed by atoms with van der Waals surface area (Å²) in [7, 11) is 0. The van der Waals surface area contributed by atoms with E-state index in [1.54, 1.807) is 0 Å². The summed E-state index contributed by atoms with van der Waals surface area (Å²) in [6.45, 7) is 0. The zero-order valence-electron chi connectivity index (χ0n) is 6.53. The Bertz CT molecular complexity index is 111. The molecule has 1 aliphatic rings. The van der Waals surface area contributed by atoms with Crippen molar-refractivity contribution in [3.05, 3.63) is 6.42 Å². The van der Waals surface area contributed by atoms with Gasteiger partial charge in [-0.1, -0.05) is 31.6 Å². The van der Waals surface area contributed by atoms with Crippen LogP contribution in [0.5, 0.6) is 0 Å². The number of hydrogen-bond acceptors (Lipinski definition) is 0. The fourth-order valence-corrected chi connectivity index (χ4v) is 1.21. The maximum Gasteiger partial charge on any atom is 0.0340 e. The predicted octanol–water partition coefficient (Wildman–Crippen LogP) is 2.94. The van der Waals surface area contributed by atoms with E-state index in [9.17, 15) is 0 Å². The molecule has 0 N–H and O–H groups in total. The van der Waals surface area contributed by atoms with Gasteiger partial charge in [-0.15, -0.1) is 5.92 Å². The second-order valence-electron chi connectivity index (χ2n) is 2.83. The first-order chi connectivity index (χ1) is 5.00. The molecule has 1 radical (unpaired) electrons. The third-order valence-electron chi connectivity index (χ3n) is 1.85. The van der Waals surface area contributed by atoms with Crippen LogP contribution in [-0.2, 0) is 0 Å². The SMILES string of the molecule is C1#CCCCCCCC[CH]1. The van der Waals surface area contributed by atoms with Crippen LogP contribution in [0.15, 0.2) is 0 Å². The van der Waals surface area contributed by atoms with Gasteiger partial charge in [-0.3, -0.25) is 0 Å². The first-order valence-electron chi connectivity index (χ1n) is 4.30. The Hall–Kier alpha value is -0.440. The molecule has 0 heterocycles. The van der Waals surface area contributed by atoms with Gasteiger partial charge in [0.15, 0.2) is 0 Å². The van der Waals surface area contributed by atoms with Gasteiger partial charge in [0.1, 0.15) is 0 Å². The molecule has 0 aromatic carbocycles. The Morgan fingerprint density at radius 1 is 0.900 bits per heavy atom. The van der Waals surface area contributed by atoms with E-state index in [1.807, 2.05) is 0 Å². The highest BCUT2D eigenvalue weighted by Crippen LogP contribution is 2.08. The van der Waals surface area contributed by atoms with Crippen molar-refractivity contribution >= 4 is 0 Å². The molecule has 0 fully saturated rings. The largest absolute Gasteiger partial charge is 0.103 e. The zero-order valence-corrected chi connectivity index (χ0v) is 6.53. The summed E-state index contributed by atoms with van der Waals surface area (Å²) in [6.07, 6.45) is 11.3. The Kier molecular flexibility index (Phi) is 4.10. The maximum atomic E-state index is 3.15. The second kappa shape index (κ2) is 5.35. The quantitative estimate of drug-likeness (QED) is 0.448. The number of rotatable bonds is 0. The molecular weight excluding hydrogens is 120 g/mol. The molecule has 0 aromatic rings. The summed E-state index contributed by atoms with van der Waals surface area (Å²) in [6, 6.07) is 0. The third kappa shape index (κ3) is 3.56. The molecule has 0 atom stereocenters. The first-order valence-corrected chi connectivity index (χ1v) is 4.30. The molecule has 0 aromatic heterocycles. The lowest BCUT2D eigenvalue weighted by Gasteiger charge is -1.99. The van der Waals surface area contributed by atoms with Gasteiger partial charge in [-0.2, -0.15) is 0 Å². The van der Waals surface area contributed by atoms with Crippen LogP contribution < -0.4 is 0 Å². The van der Waals surface area contributed by atoms with Gasteiger partial charge in [-0.05, 0) is 12.8 Å². The summed E-state index contributed by atoms with van der Waals surface area (Å²) in [5, 5.41) is 0. The Morgan fingerprint density at radius 2 is 1.70 bits per heavy atom. The van der Waals surface area contributed by atoms with Gasteiger partial charge in [0.05, 0.1) is 0 Å². The van der Waals surface area contributed by atoms with E-state index in [0.717, 1.165) is 6.42 Å². The van der Waals surface area contributed by atoms with Gasteiger partial charge in [0.2, 0.25) is 0 Å². The lowest BCUT2D eigenvalue weighted by Crippen LogP contribution is -1.82. The first kappa shape index (κ1) is 7.66. The van der Waals surface area contributed by atoms with Gasteiger partial charge < -0.3 is 0 Å². The van der Waals surface area contributed by atoms with Crippen molar-refractivity contribution in [3.8, 4) is 11.8 Å². The monoisotopic (exact) mass is 135 g/mol. The third-order valence-corrected chi connectivity index (χ3v) is 1.85. The van der Waals surface area contributed by atoms with Crippen LogP contribution in [0.2, 0.25) is 0 Å². The minimum atomic E-state index is 1.11. The van der Waals surface area contributed by atoms with Crippen molar-refractivity contribution in [2.45, 2.75) is 44.9 Å². The molecule has 0 saturated heterocycles. The average Bonchev–Trinajstić information content (AvgIpc) is 2.01. The van der Waals surface area contributed by atoms with E-state index in [-0.39, 0.29) is 0 Å². The normalized spacial score (nSPS) is 20.8. The van der Waals surface area contributed by atoms with E-state index < -0.39 is 0 Å². The summed E-state index contributed by atoms with van der Waals surface area (Å²) < 4.78 is 0. The molecule has 0 saturated carbocycles. The topological polar surface area (TPSA) is 0 Å². The van der Waals surface area contributed by atoms with Crippen molar-refractivity contribution in [3.63, 3.8) is 0 Å². The van der Waals surface area contributed by atoms with Gasteiger partial charge in [0, 0.05) is 12.8 Å². The lowest BCUT2D eigenvalue weighted by molar-refractivity contribution is 0.618. The predicted molar refractivity (Wildman–Crippen MR) is 44.4 cm³/mol. The van der Waals surface area contributed by atoms with E-state index in [1.165, 1.54) is 38.5 Å². The second-order valence-corrected chi connectivity index (χ2v) is 2.83. The molecule has 0 unspecified atom stereocenters. The summed E-state index contributed by atoms with van der Waals surface area (Å²) >= 11 is 0. The molecule has 0 heteroatoms. The molecule has 0 aliphatic heterocycles. The molecule has 0 bridgehead atoms. The minimum Gasteiger partial charge on any atom is -0.103 e. The Labute approximate surface area is 64.0 Å². The fraction of sp³-hybridized carbons (Fsp3) is 0.700. The highest BCUT2D eigenvalue weighted by molar-refractivity contribution is 5.09. The molecule has 0 spiro atoms. The summed E-state index contributed by atoms with van der Waals surface area (Å²) in [5.41, 5.74) is 0. The average molecular weight is 135 g/mol. The van der Waals surface area contributed by atoms with E-state index in [2.05, 4.69) is 18.3 Å². The Balaban J connectivity index is 2.18. The standard InChI is InChI=1S/C10H15/c1-2-4-6-8-10-9-7-5-3-1/h1H,2,4,6-10H2.